The topological polar surface area (TPSA) is 15.5 Å². The van der Waals surface area contributed by atoms with E-state index < -0.39 is 0 Å². The summed E-state index contributed by atoms with van der Waals surface area (Å²) < 4.78 is 7.81. The predicted molar refractivity (Wildman–Crippen MR) is 52.3 cm³/mol. The van der Waals surface area contributed by atoms with Crippen LogP contribution in [0.5, 0.6) is 0 Å². The fourth-order valence-corrected chi connectivity index (χ4v) is 2.30. The van der Waals surface area contributed by atoms with Crippen molar-refractivity contribution in [3.63, 3.8) is 0 Å². The van der Waals surface area contributed by atoms with Crippen molar-refractivity contribution in [2.45, 2.75) is 31.5 Å². The van der Waals surface area contributed by atoms with Gasteiger partial charge in [0.25, 0.3) is 6.23 Å². The second kappa shape index (κ2) is 3.07. The Bertz CT molecular complexity index is 219. The molecule has 3 nitrogen and oxygen atoms in total. The van der Waals surface area contributed by atoms with E-state index in [-0.39, 0.29) is 11.8 Å². The highest BCUT2D eigenvalue weighted by molar-refractivity contribution is 5.17. The number of likely N-dealkylation sites (tertiary alicyclic amines) is 1. The minimum Gasteiger partial charge on any atom is -0.314 e. The molecule has 2 rings (SSSR count). The van der Waals surface area contributed by atoms with Crippen molar-refractivity contribution in [1.82, 2.24) is 4.90 Å². The molecular weight excluding hydrogens is 164 g/mol. The molecule has 2 aliphatic rings. The molecule has 0 N–H and O–H groups in total. The smallest absolute Gasteiger partial charge is 0.254 e. The fraction of sp³-hybridized carbons (Fsp3) is 0.900. The lowest BCUT2D eigenvalue weighted by Crippen LogP contribution is -2.49. The third kappa shape index (κ3) is 1.40. The van der Waals surface area contributed by atoms with Gasteiger partial charge in [0.2, 0.25) is 0 Å². The summed E-state index contributed by atoms with van der Waals surface area (Å²) in [6, 6.07) is 0. The first kappa shape index (κ1) is 9.16. The average Bonchev–Trinajstić information content (AvgIpc) is 2.40. The molecule has 13 heavy (non-hydrogen) atoms. The maximum Gasteiger partial charge on any atom is 0.254 e. The van der Waals surface area contributed by atoms with Gasteiger partial charge in [-0.15, -0.1) is 0 Å². The minimum absolute atomic E-state index is 0.198. The van der Waals surface area contributed by atoms with Gasteiger partial charge in [-0.3, -0.25) is 0 Å². The molecule has 0 aliphatic carbocycles. The van der Waals surface area contributed by atoms with Crippen molar-refractivity contribution in [2.24, 2.45) is 0 Å². The lowest BCUT2D eigenvalue weighted by Gasteiger charge is -2.32. The molecule has 0 amide bonds. The summed E-state index contributed by atoms with van der Waals surface area (Å²) in [4.78, 5) is 2.38. The maximum absolute atomic E-state index is 5.64. The Hall–Kier alpha value is -0.410. The van der Waals surface area contributed by atoms with Gasteiger partial charge >= 0.3 is 0 Å². The zero-order valence-electron chi connectivity index (χ0n) is 8.62. The van der Waals surface area contributed by atoms with E-state index in [9.17, 15) is 0 Å². The molecule has 2 heterocycles. The van der Waals surface area contributed by atoms with Gasteiger partial charge in [0.1, 0.15) is 13.3 Å². The number of piperidine rings is 1. The lowest BCUT2D eigenvalue weighted by molar-refractivity contribution is -0.625. The lowest BCUT2D eigenvalue weighted by atomic mass is 9.88. The SMILES string of the molecule is C=[N+]1C(C)OCC12CCN(C)CC2. The van der Waals surface area contributed by atoms with E-state index in [0.717, 1.165) is 6.61 Å². The van der Waals surface area contributed by atoms with Crippen molar-refractivity contribution in [3.8, 4) is 0 Å². The highest BCUT2D eigenvalue weighted by Gasteiger charge is 2.50. The molecule has 0 bridgehead atoms. The molecule has 0 radical (unpaired) electrons. The Morgan fingerprint density at radius 2 is 2.08 bits per heavy atom. The van der Waals surface area contributed by atoms with Gasteiger partial charge in [-0.1, -0.05) is 0 Å². The van der Waals surface area contributed by atoms with E-state index in [4.69, 9.17) is 4.74 Å². The van der Waals surface area contributed by atoms with Crippen LogP contribution in [-0.2, 0) is 4.74 Å². The number of hydrogen-bond acceptors (Lipinski definition) is 2. The van der Waals surface area contributed by atoms with Crippen molar-refractivity contribution >= 4 is 6.72 Å². The van der Waals surface area contributed by atoms with Crippen LogP contribution in [0.15, 0.2) is 0 Å². The molecule has 1 unspecified atom stereocenters. The second-order valence-corrected chi connectivity index (χ2v) is 4.41. The molecule has 1 atom stereocenters. The standard InChI is InChI=1S/C10H19N2O/c1-9-12(3)10(8-13-9)4-6-11(2)7-5-10/h9H,3-8H2,1-2H3/q+1. The predicted octanol–water partition coefficient (Wildman–Crippen LogP) is 0.540. The summed E-state index contributed by atoms with van der Waals surface area (Å²) in [5, 5.41) is 0. The van der Waals surface area contributed by atoms with E-state index in [1.165, 1.54) is 25.9 Å². The van der Waals surface area contributed by atoms with Crippen molar-refractivity contribution in [2.75, 3.05) is 26.7 Å². The quantitative estimate of drug-likeness (QED) is 0.509. The van der Waals surface area contributed by atoms with Crippen molar-refractivity contribution < 1.29 is 9.31 Å². The van der Waals surface area contributed by atoms with Crippen LogP contribution in [0.4, 0.5) is 0 Å². The average molecular weight is 183 g/mol. The summed E-state index contributed by atoms with van der Waals surface area (Å²) >= 11 is 0. The van der Waals surface area contributed by atoms with Gasteiger partial charge in [-0.05, 0) is 7.05 Å². The van der Waals surface area contributed by atoms with Gasteiger partial charge in [0, 0.05) is 32.9 Å². The number of nitrogens with zero attached hydrogens (tertiary/aromatic N) is 2. The largest absolute Gasteiger partial charge is 0.314 e. The summed E-state index contributed by atoms with van der Waals surface area (Å²) in [5.74, 6) is 0. The van der Waals surface area contributed by atoms with E-state index >= 15 is 0 Å². The molecule has 0 aromatic carbocycles. The highest BCUT2D eigenvalue weighted by Crippen LogP contribution is 2.31. The summed E-state index contributed by atoms with van der Waals surface area (Å²) in [7, 11) is 2.18. The molecule has 2 fully saturated rings. The molecule has 1 spiro atoms. The maximum atomic E-state index is 5.64. The van der Waals surface area contributed by atoms with Gasteiger partial charge in [-0.2, -0.15) is 0 Å². The van der Waals surface area contributed by atoms with Crippen LogP contribution < -0.4 is 0 Å². The van der Waals surface area contributed by atoms with Crippen molar-refractivity contribution in [3.05, 3.63) is 0 Å². The normalized spacial score (nSPS) is 34.3. The second-order valence-electron chi connectivity index (χ2n) is 4.41. The number of ether oxygens (including phenoxy) is 1. The van der Waals surface area contributed by atoms with Gasteiger partial charge in [-0.25, -0.2) is 4.58 Å². The summed E-state index contributed by atoms with van der Waals surface area (Å²) in [5.41, 5.74) is 0.242. The molecule has 2 aliphatic heterocycles. The Labute approximate surface area is 80.0 Å². The molecule has 0 aromatic rings. The molecule has 0 aromatic heterocycles. The van der Waals surface area contributed by atoms with Crippen LogP contribution in [-0.4, -0.2) is 54.7 Å². The van der Waals surface area contributed by atoms with Crippen LogP contribution in [0.3, 0.4) is 0 Å². The fourth-order valence-electron chi connectivity index (χ4n) is 2.30. The van der Waals surface area contributed by atoms with E-state index in [1.807, 2.05) is 0 Å². The van der Waals surface area contributed by atoms with E-state index in [0.29, 0.717) is 0 Å². The first-order chi connectivity index (χ1) is 6.14. The number of hydrogen-bond donors (Lipinski definition) is 0. The van der Waals surface area contributed by atoms with Gasteiger partial charge < -0.3 is 9.64 Å². The van der Waals surface area contributed by atoms with Crippen LogP contribution in [0, 0.1) is 0 Å². The Balaban J connectivity index is 2.09. The molecule has 0 saturated carbocycles. The van der Waals surface area contributed by atoms with Gasteiger partial charge in [0.15, 0.2) is 5.54 Å². The molecule has 3 heteroatoms. The van der Waals surface area contributed by atoms with Crippen LogP contribution in [0.2, 0.25) is 0 Å². The first-order valence-electron chi connectivity index (χ1n) is 5.04. The molecule has 74 valence electrons. The zero-order chi connectivity index (χ0) is 9.47. The third-order valence-electron chi connectivity index (χ3n) is 3.56. The zero-order valence-corrected chi connectivity index (χ0v) is 8.62. The Morgan fingerprint density at radius 3 is 2.54 bits per heavy atom. The number of rotatable bonds is 0. The molecular formula is C10H19N2O+. The van der Waals surface area contributed by atoms with E-state index in [2.05, 4.69) is 30.2 Å². The van der Waals surface area contributed by atoms with Gasteiger partial charge in [0.05, 0.1) is 0 Å². The summed E-state index contributed by atoms with van der Waals surface area (Å²) in [6.07, 6.45) is 2.58. The van der Waals surface area contributed by atoms with E-state index in [1.54, 1.807) is 0 Å². The third-order valence-corrected chi connectivity index (χ3v) is 3.56. The highest BCUT2D eigenvalue weighted by atomic mass is 16.5. The van der Waals surface area contributed by atoms with Crippen molar-refractivity contribution in [1.29, 1.82) is 0 Å². The first-order valence-corrected chi connectivity index (χ1v) is 5.04. The minimum atomic E-state index is 0.198. The Kier molecular flexibility index (Phi) is 2.16. The monoisotopic (exact) mass is 183 g/mol. The Morgan fingerprint density at radius 1 is 1.46 bits per heavy atom. The van der Waals surface area contributed by atoms with Crippen LogP contribution in [0.25, 0.3) is 0 Å². The molecule has 2 saturated heterocycles. The summed E-state index contributed by atoms with van der Waals surface area (Å²) in [6.45, 7) is 9.40. The van der Waals surface area contributed by atoms with Crippen LogP contribution in [0.1, 0.15) is 19.8 Å². The van der Waals surface area contributed by atoms with Crippen LogP contribution >= 0.6 is 0 Å².